The van der Waals surface area contributed by atoms with E-state index in [-0.39, 0.29) is 36.0 Å². The van der Waals surface area contributed by atoms with Gasteiger partial charge in [-0.3, -0.25) is 0 Å². The molecule has 5 nitrogen and oxygen atoms in total. The van der Waals surface area contributed by atoms with Gasteiger partial charge < -0.3 is 10.6 Å². The lowest BCUT2D eigenvalue weighted by molar-refractivity contribution is 0.301. The molecular formula is C19H22Cl2FN5. The zero-order valence-electron chi connectivity index (χ0n) is 14.7. The summed E-state index contributed by atoms with van der Waals surface area (Å²) in [5.41, 5.74) is 4.18. The third-order valence-corrected chi connectivity index (χ3v) is 5.64. The van der Waals surface area contributed by atoms with E-state index in [1.54, 1.807) is 12.3 Å². The highest BCUT2D eigenvalue weighted by Crippen LogP contribution is 2.46. The first-order chi connectivity index (χ1) is 12.3. The highest BCUT2D eigenvalue weighted by atomic mass is 35.5. The molecule has 2 aromatic heterocycles. The Bertz CT molecular complexity index is 952. The monoisotopic (exact) mass is 409 g/mol. The summed E-state index contributed by atoms with van der Waals surface area (Å²) in [5, 5.41) is 11.3. The molecule has 1 aliphatic heterocycles. The van der Waals surface area contributed by atoms with Gasteiger partial charge in [0, 0.05) is 22.7 Å². The fraction of sp³-hybridized carbons (Fsp3) is 0.368. The predicted molar refractivity (Wildman–Crippen MR) is 109 cm³/mol. The Balaban J connectivity index is 0.00000105. The molecule has 0 saturated carbocycles. The summed E-state index contributed by atoms with van der Waals surface area (Å²) in [7, 11) is 0. The molecule has 144 valence electrons. The molecule has 1 saturated heterocycles. The molecule has 0 radical (unpaired) electrons. The highest BCUT2D eigenvalue weighted by molar-refractivity contribution is 5.85. The minimum atomic E-state index is -0.248. The van der Waals surface area contributed by atoms with Crippen molar-refractivity contribution in [2.24, 2.45) is 0 Å². The van der Waals surface area contributed by atoms with E-state index in [4.69, 9.17) is 4.98 Å². The number of fused-ring (bicyclic) bond motifs is 3. The summed E-state index contributed by atoms with van der Waals surface area (Å²) >= 11 is 0. The largest absolute Gasteiger partial charge is 0.340 e. The summed E-state index contributed by atoms with van der Waals surface area (Å²) in [5.74, 6) is 0.674. The van der Waals surface area contributed by atoms with E-state index >= 15 is 0 Å². The first-order valence-corrected chi connectivity index (χ1v) is 8.86. The number of nitrogens with one attached hydrogen (secondary N) is 2. The topological polar surface area (TPSA) is 54.2 Å². The molecule has 0 amide bonds. The van der Waals surface area contributed by atoms with Crippen LogP contribution in [0.1, 0.15) is 30.5 Å². The fourth-order valence-electron chi connectivity index (χ4n) is 4.36. The second-order valence-corrected chi connectivity index (χ2v) is 7.05. The molecule has 1 spiro atoms. The molecule has 0 atom stereocenters. The molecule has 0 bridgehead atoms. The van der Waals surface area contributed by atoms with Crippen LogP contribution in [-0.2, 0) is 11.8 Å². The summed E-state index contributed by atoms with van der Waals surface area (Å²) in [6.45, 7) is 2.08. The smallest absolute Gasteiger partial charge is 0.157 e. The highest BCUT2D eigenvalue weighted by Gasteiger charge is 2.42. The minimum absolute atomic E-state index is 0. The SMILES string of the molecule is Cl.Cl.Fc1cccc(Nc2c3c(nc4ccnn24)C2(CCNCC2)CC3)c1. The quantitative estimate of drug-likeness (QED) is 0.670. The normalized spacial score (nSPS) is 17.2. The molecular weight excluding hydrogens is 388 g/mol. The maximum Gasteiger partial charge on any atom is 0.157 e. The van der Waals surface area contributed by atoms with E-state index in [0.717, 1.165) is 55.9 Å². The van der Waals surface area contributed by atoms with Gasteiger partial charge in [-0.2, -0.15) is 9.61 Å². The summed E-state index contributed by atoms with van der Waals surface area (Å²) in [6, 6.07) is 8.49. The van der Waals surface area contributed by atoms with Crippen LogP contribution in [0.2, 0.25) is 0 Å². The fourth-order valence-corrected chi connectivity index (χ4v) is 4.36. The molecule has 5 rings (SSSR count). The standard InChI is InChI=1S/C19H20FN5.2ClH/c20-13-2-1-3-14(12-13)23-18-15-4-6-19(7-10-21-11-8-19)17(15)24-16-5-9-22-25(16)18;;/h1-3,5,9,12,21,23H,4,6-8,10-11H2;2*1H. The molecule has 3 aromatic rings. The Kier molecular flexibility index (Phi) is 5.60. The van der Waals surface area contributed by atoms with Crippen LogP contribution in [-0.4, -0.2) is 27.7 Å². The minimum Gasteiger partial charge on any atom is -0.340 e. The predicted octanol–water partition coefficient (Wildman–Crippen LogP) is 4.02. The van der Waals surface area contributed by atoms with Crippen molar-refractivity contribution < 1.29 is 4.39 Å². The molecule has 0 unspecified atom stereocenters. The number of aromatic nitrogens is 3. The third-order valence-electron chi connectivity index (χ3n) is 5.64. The van der Waals surface area contributed by atoms with E-state index in [1.165, 1.54) is 23.4 Å². The van der Waals surface area contributed by atoms with Crippen molar-refractivity contribution in [2.45, 2.75) is 31.1 Å². The van der Waals surface area contributed by atoms with Crippen LogP contribution < -0.4 is 10.6 Å². The van der Waals surface area contributed by atoms with Gasteiger partial charge in [0.25, 0.3) is 0 Å². The van der Waals surface area contributed by atoms with Gasteiger partial charge in [0.15, 0.2) is 5.65 Å². The van der Waals surface area contributed by atoms with Gasteiger partial charge in [-0.15, -0.1) is 24.8 Å². The number of rotatable bonds is 2. The molecule has 8 heteroatoms. The lowest BCUT2D eigenvalue weighted by Crippen LogP contribution is -2.39. The number of hydrogen-bond donors (Lipinski definition) is 2. The number of benzene rings is 1. The van der Waals surface area contributed by atoms with Gasteiger partial charge in [-0.05, 0) is 57.0 Å². The summed E-state index contributed by atoms with van der Waals surface area (Å²) < 4.78 is 15.4. The Hall–Kier alpha value is -1.89. The number of anilines is 2. The summed E-state index contributed by atoms with van der Waals surface area (Å²) in [6.07, 6.45) is 6.12. The van der Waals surface area contributed by atoms with Crippen LogP contribution in [0.5, 0.6) is 0 Å². The van der Waals surface area contributed by atoms with Crippen molar-refractivity contribution in [3.05, 3.63) is 53.6 Å². The average Bonchev–Trinajstić information content (AvgIpc) is 3.22. The van der Waals surface area contributed by atoms with Gasteiger partial charge in [0.2, 0.25) is 0 Å². The lowest BCUT2D eigenvalue weighted by atomic mass is 9.77. The van der Waals surface area contributed by atoms with E-state index in [0.29, 0.717) is 0 Å². The Morgan fingerprint density at radius 3 is 2.70 bits per heavy atom. The van der Waals surface area contributed by atoms with Gasteiger partial charge in [0.1, 0.15) is 11.6 Å². The van der Waals surface area contributed by atoms with Crippen LogP contribution in [0.4, 0.5) is 15.9 Å². The average molecular weight is 410 g/mol. The maximum atomic E-state index is 13.6. The second kappa shape index (κ2) is 7.62. The zero-order chi connectivity index (χ0) is 16.9. The number of nitrogens with zero attached hydrogens (tertiary/aromatic N) is 3. The molecule has 2 aliphatic rings. The molecule has 2 N–H and O–H groups in total. The van der Waals surface area contributed by atoms with Crippen molar-refractivity contribution in [2.75, 3.05) is 18.4 Å². The number of halogens is 3. The Morgan fingerprint density at radius 1 is 1.11 bits per heavy atom. The van der Waals surface area contributed by atoms with Crippen molar-refractivity contribution >= 4 is 42.0 Å². The van der Waals surface area contributed by atoms with E-state index < -0.39 is 0 Å². The first-order valence-electron chi connectivity index (χ1n) is 8.86. The molecule has 1 aliphatic carbocycles. The van der Waals surface area contributed by atoms with E-state index in [2.05, 4.69) is 15.7 Å². The van der Waals surface area contributed by atoms with Gasteiger partial charge >= 0.3 is 0 Å². The van der Waals surface area contributed by atoms with Crippen LogP contribution in [0.25, 0.3) is 5.65 Å². The second-order valence-electron chi connectivity index (χ2n) is 7.05. The number of hydrogen-bond acceptors (Lipinski definition) is 4. The molecule has 27 heavy (non-hydrogen) atoms. The zero-order valence-corrected chi connectivity index (χ0v) is 16.4. The van der Waals surface area contributed by atoms with Crippen molar-refractivity contribution in [3.8, 4) is 0 Å². The Morgan fingerprint density at radius 2 is 1.93 bits per heavy atom. The lowest BCUT2D eigenvalue weighted by Gasteiger charge is -2.34. The van der Waals surface area contributed by atoms with Crippen LogP contribution in [0, 0.1) is 5.82 Å². The van der Waals surface area contributed by atoms with Crippen LogP contribution in [0.15, 0.2) is 36.5 Å². The van der Waals surface area contributed by atoms with E-state index in [9.17, 15) is 4.39 Å². The first kappa shape index (κ1) is 19.9. The van der Waals surface area contributed by atoms with Crippen molar-refractivity contribution in [1.29, 1.82) is 0 Å². The van der Waals surface area contributed by atoms with E-state index in [1.807, 2.05) is 16.6 Å². The number of piperidine rings is 1. The van der Waals surface area contributed by atoms with Crippen molar-refractivity contribution in [1.82, 2.24) is 19.9 Å². The van der Waals surface area contributed by atoms with Crippen molar-refractivity contribution in [3.63, 3.8) is 0 Å². The van der Waals surface area contributed by atoms with Gasteiger partial charge in [0.05, 0.1) is 11.9 Å². The third kappa shape index (κ3) is 3.26. The van der Waals surface area contributed by atoms with Gasteiger partial charge in [-0.1, -0.05) is 6.07 Å². The molecule has 3 heterocycles. The van der Waals surface area contributed by atoms with Gasteiger partial charge in [-0.25, -0.2) is 9.37 Å². The molecule has 1 aromatic carbocycles. The maximum absolute atomic E-state index is 13.6. The summed E-state index contributed by atoms with van der Waals surface area (Å²) in [4.78, 5) is 4.97. The van der Waals surface area contributed by atoms with Crippen LogP contribution in [0.3, 0.4) is 0 Å². The Labute approximate surface area is 169 Å². The van der Waals surface area contributed by atoms with Crippen LogP contribution >= 0.6 is 24.8 Å². The molecule has 1 fully saturated rings.